The number of ether oxygens (including phenoxy) is 1. The number of pyridine rings is 1. The molecular formula is C23H24N4O2. The van der Waals surface area contributed by atoms with Gasteiger partial charge in [-0.1, -0.05) is 23.4 Å². The highest BCUT2D eigenvalue weighted by Gasteiger charge is 2.24. The highest BCUT2D eigenvalue weighted by Crippen LogP contribution is 2.28. The van der Waals surface area contributed by atoms with E-state index in [0.29, 0.717) is 6.61 Å². The van der Waals surface area contributed by atoms with Gasteiger partial charge in [-0.25, -0.2) is 4.98 Å². The van der Waals surface area contributed by atoms with Crippen molar-refractivity contribution in [3.63, 3.8) is 0 Å². The van der Waals surface area contributed by atoms with Crippen LogP contribution in [0.1, 0.15) is 28.8 Å². The molecule has 0 aliphatic carbocycles. The van der Waals surface area contributed by atoms with Gasteiger partial charge < -0.3 is 14.2 Å². The number of rotatable bonds is 4. The Balaban J connectivity index is 1.35. The Bertz CT molecular complexity index is 1130. The quantitative estimate of drug-likeness (QED) is 0.561. The molecule has 1 fully saturated rings. The highest BCUT2D eigenvalue weighted by molar-refractivity contribution is 5.79. The fourth-order valence-corrected chi connectivity index (χ4v) is 4.10. The molecule has 1 saturated heterocycles. The van der Waals surface area contributed by atoms with Crippen LogP contribution in [0.15, 0.2) is 53.2 Å². The van der Waals surface area contributed by atoms with E-state index in [-0.39, 0.29) is 6.10 Å². The molecular weight excluding hydrogens is 364 g/mol. The summed E-state index contributed by atoms with van der Waals surface area (Å²) >= 11 is 0. The van der Waals surface area contributed by atoms with Crippen LogP contribution in [-0.4, -0.2) is 39.7 Å². The standard InChI is InChI=1S/C23H24N4O2/c1-15-23(16(2)29-26-15)20-5-3-4-19(25-20)22-14-27(10-11-28-22)13-17-6-7-18-8-9-24-21(18)12-17/h3-9,12,22,24H,10-11,13-14H2,1-2H3/t22-/m1/s1. The first-order valence-electron chi connectivity index (χ1n) is 9.97. The maximum absolute atomic E-state index is 6.07. The molecule has 6 nitrogen and oxygen atoms in total. The summed E-state index contributed by atoms with van der Waals surface area (Å²) in [4.78, 5) is 10.6. The summed E-state index contributed by atoms with van der Waals surface area (Å²) in [6.07, 6.45) is 1.94. The molecule has 148 valence electrons. The van der Waals surface area contributed by atoms with Crippen LogP contribution in [0.4, 0.5) is 0 Å². The SMILES string of the molecule is Cc1noc(C)c1-c1cccc([C@H]2CN(Cc3ccc4cc[nH]c4c3)CCO2)n1. The van der Waals surface area contributed by atoms with E-state index < -0.39 is 0 Å². The van der Waals surface area contributed by atoms with Crippen molar-refractivity contribution in [2.24, 2.45) is 0 Å². The van der Waals surface area contributed by atoms with E-state index in [1.807, 2.05) is 38.2 Å². The molecule has 0 amide bonds. The van der Waals surface area contributed by atoms with Gasteiger partial charge >= 0.3 is 0 Å². The van der Waals surface area contributed by atoms with Crippen LogP contribution in [0.5, 0.6) is 0 Å². The van der Waals surface area contributed by atoms with Crippen molar-refractivity contribution in [1.82, 2.24) is 20.0 Å². The molecule has 1 atom stereocenters. The van der Waals surface area contributed by atoms with Crippen LogP contribution in [-0.2, 0) is 11.3 Å². The van der Waals surface area contributed by atoms with Crippen molar-refractivity contribution < 1.29 is 9.26 Å². The lowest BCUT2D eigenvalue weighted by Crippen LogP contribution is -2.38. The Morgan fingerprint density at radius 2 is 2.10 bits per heavy atom. The molecule has 4 heterocycles. The monoisotopic (exact) mass is 388 g/mol. The van der Waals surface area contributed by atoms with Gasteiger partial charge in [-0.15, -0.1) is 0 Å². The van der Waals surface area contributed by atoms with Crippen molar-refractivity contribution in [1.29, 1.82) is 0 Å². The number of fused-ring (bicyclic) bond motifs is 1. The third-order valence-corrected chi connectivity index (χ3v) is 5.57. The zero-order chi connectivity index (χ0) is 19.8. The number of aromatic amines is 1. The zero-order valence-electron chi connectivity index (χ0n) is 16.7. The smallest absolute Gasteiger partial charge is 0.143 e. The number of nitrogens with zero attached hydrogens (tertiary/aromatic N) is 3. The van der Waals surface area contributed by atoms with E-state index in [1.165, 1.54) is 16.5 Å². The van der Waals surface area contributed by atoms with Crippen molar-refractivity contribution in [3.8, 4) is 11.3 Å². The second-order valence-electron chi connectivity index (χ2n) is 7.64. The van der Waals surface area contributed by atoms with Gasteiger partial charge in [0, 0.05) is 31.3 Å². The summed E-state index contributed by atoms with van der Waals surface area (Å²) in [7, 11) is 0. The van der Waals surface area contributed by atoms with Crippen LogP contribution in [0, 0.1) is 13.8 Å². The molecule has 1 N–H and O–H groups in total. The van der Waals surface area contributed by atoms with Crippen LogP contribution in [0.25, 0.3) is 22.2 Å². The topological polar surface area (TPSA) is 67.2 Å². The number of nitrogens with one attached hydrogen (secondary N) is 1. The predicted octanol–water partition coefficient (Wildman–Crippen LogP) is 4.41. The summed E-state index contributed by atoms with van der Waals surface area (Å²) in [5, 5.41) is 5.30. The molecule has 4 aromatic rings. The molecule has 1 aromatic carbocycles. The average molecular weight is 388 g/mol. The largest absolute Gasteiger partial charge is 0.369 e. The first-order valence-corrected chi connectivity index (χ1v) is 9.97. The van der Waals surface area contributed by atoms with Crippen LogP contribution >= 0.6 is 0 Å². The summed E-state index contributed by atoms with van der Waals surface area (Å²) in [6, 6.07) is 14.8. The van der Waals surface area contributed by atoms with Crippen molar-refractivity contribution in [2.75, 3.05) is 19.7 Å². The van der Waals surface area contributed by atoms with Crippen molar-refractivity contribution >= 4 is 10.9 Å². The minimum atomic E-state index is -0.0432. The van der Waals surface area contributed by atoms with Crippen molar-refractivity contribution in [2.45, 2.75) is 26.5 Å². The fourth-order valence-electron chi connectivity index (χ4n) is 4.10. The van der Waals surface area contributed by atoms with E-state index in [4.69, 9.17) is 14.2 Å². The summed E-state index contributed by atoms with van der Waals surface area (Å²) < 4.78 is 11.4. The van der Waals surface area contributed by atoms with Gasteiger partial charge in [0.05, 0.1) is 29.3 Å². The predicted molar refractivity (Wildman–Crippen MR) is 111 cm³/mol. The average Bonchev–Trinajstić information content (AvgIpc) is 3.34. The third-order valence-electron chi connectivity index (χ3n) is 5.57. The van der Waals surface area contributed by atoms with Gasteiger partial charge in [0.1, 0.15) is 11.9 Å². The van der Waals surface area contributed by atoms with Crippen molar-refractivity contribution in [3.05, 3.63) is 71.4 Å². The van der Waals surface area contributed by atoms with Gasteiger partial charge in [-0.2, -0.15) is 0 Å². The molecule has 29 heavy (non-hydrogen) atoms. The number of aryl methyl sites for hydroxylation is 2. The molecule has 0 radical (unpaired) electrons. The Hall–Kier alpha value is -2.96. The summed E-state index contributed by atoms with van der Waals surface area (Å²) in [6.45, 7) is 7.21. The normalized spacial score (nSPS) is 17.8. The highest BCUT2D eigenvalue weighted by atomic mass is 16.5. The molecule has 0 unspecified atom stereocenters. The van der Waals surface area contributed by atoms with Gasteiger partial charge in [0.15, 0.2) is 0 Å². The van der Waals surface area contributed by atoms with Crippen LogP contribution < -0.4 is 0 Å². The lowest BCUT2D eigenvalue weighted by molar-refractivity contribution is -0.0349. The molecule has 1 aliphatic rings. The molecule has 0 saturated carbocycles. The Kier molecular flexibility index (Phi) is 4.66. The van der Waals surface area contributed by atoms with Gasteiger partial charge in [0.25, 0.3) is 0 Å². The zero-order valence-corrected chi connectivity index (χ0v) is 16.7. The number of morpholine rings is 1. The van der Waals surface area contributed by atoms with Crippen LogP contribution in [0.2, 0.25) is 0 Å². The minimum absolute atomic E-state index is 0.0432. The maximum Gasteiger partial charge on any atom is 0.143 e. The molecule has 0 spiro atoms. The van der Waals surface area contributed by atoms with E-state index in [0.717, 1.165) is 48.0 Å². The second kappa shape index (κ2) is 7.46. The van der Waals surface area contributed by atoms with E-state index in [9.17, 15) is 0 Å². The van der Waals surface area contributed by atoms with Gasteiger partial charge in [-0.05, 0) is 49.1 Å². The van der Waals surface area contributed by atoms with E-state index in [2.05, 4.69) is 39.3 Å². The minimum Gasteiger partial charge on any atom is -0.369 e. The molecule has 6 heteroatoms. The molecule has 3 aromatic heterocycles. The Morgan fingerprint density at radius 1 is 1.17 bits per heavy atom. The number of benzene rings is 1. The first-order chi connectivity index (χ1) is 14.2. The number of aromatic nitrogens is 3. The van der Waals surface area contributed by atoms with Gasteiger partial charge in [-0.3, -0.25) is 4.90 Å². The first kappa shape index (κ1) is 18.1. The Labute approximate surface area is 169 Å². The number of hydrogen-bond acceptors (Lipinski definition) is 5. The second-order valence-corrected chi connectivity index (χ2v) is 7.64. The van der Waals surface area contributed by atoms with E-state index >= 15 is 0 Å². The number of hydrogen-bond donors (Lipinski definition) is 1. The summed E-state index contributed by atoms with van der Waals surface area (Å²) in [5.41, 5.74) is 6.15. The summed E-state index contributed by atoms with van der Waals surface area (Å²) in [5.74, 6) is 0.790. The van der Waals surface area contributed by atoms with Crippen LogP contribution in [0.3, 0.4) is 0 Å². The van der Waals surface area contributed by atoms with Gasteiger partial charge in [0.2, 0.25) is 0 Å². The lowest BCUT2D eigenvalue weighted by Gasteiger charge is -2.32. The Morgan fingerprint density at radius 3 is 2.97 bits per heavy atom. The molecule has 5 rings (SSSR count). The third kappa shape index (κ3) is 3.57. The fraction of sp³-hybridized carbons (Fsp3) is 0.304. The lowest BCUT2D eigenvalue weighted by atomic mass is 10.1. The number of H-pyrrole nitrogens is 1. The van der Waals surface area contributed by atoms with E-state index in [1.54, 1.807) is 0 Å². The molecule has 0 bridgehead atoms. The molecule has 1 aliphatic heterocycles. The maximum atomic E-state index is 6.07.